The molecule has 0 aromatic carbocycles. The SMILES string of the molecule is CC(=O)[O-].N.[Zn+2]. The number of carbonyl (C=O) groups excluding carboxylic acids is 1. The van der Waals surface area contributed by atoms with Gasteiger partial charge in [-0.05, 0) is 6.92 Å². The molecule has 0 saturated heterocycles. The molecule has 0 aromatic rings. The molecule has 0 fully saturated rings. The number of rotatable bonds is 0. The van der Waals surface area contributed by atoms with Crippen molar-refractivity contribution in [1.82, 2.24) is 6.15 Å². The van der Waals surface area contributed by atoms with Crippen LogP contribution in [0.5, 0.6) is 0 Å². The van der Waals surface area contributed by atoms with Crippen molar-refractivity contribution in [2.24, 2.45) is 0 Å². The molecule has 0 radical (unpaired) electrons. The van der Waals surface area contributed by atoms with Gasteiger partial charge in [-0.3, -0.25) is 0 Å². The Labute approximate surface area is 49.1 Å². The molecule has 0 bridgehead atoms. The number of aliphatic carboxylic acids is 1. The Balaban J connectivity index is -0.0000000450. The van der Waals surface area contributed by atoms with Gasteiger partial charge in [0.2, 0.25) is 0 Å². The van der Waals surface area contributed by atoms with Crippen LogP contribution < -0.4 is 11.3 Å². The van der Waals surface area contributed by atoms with Gasteiger partial charge < -0.3 is 16.1 Å². The molecule has 32 valence electrons. The van der Waals surface area contributed by atoms with Crippen molar-refractivity contribution < 1.29 is 29.4 Å². The molecule has 0 saturated carbocycles. The van der Waals surface area contributed by atoms with Crippen LogP contribution >= 0.6 is 0 Å². The van der Waals surface area contributed by atoms with Crippen LogP contribution in [0.25, 0.3) is 0 Å². The summed E-state index contributed by atoms with van der Waals surface area (Å²) in [4.78, 5) is 8.89. The third kappa shape index (κ3) is 13300. The molecular weight excluding hydrogens is 135 g/mol. The van der Waals surface area contributed by atoms with Crippen molar-refractivity contribution in [3.05, 3.63) is 0 Å². The van der Waals surface area contributed by atoms with Gasteiger partial charge in [-0.25, -0.2) is 0 Å². The normalized spacial score (nSPS) is 4.17. The molecule has 0 amide bonds. The zero-order valence-electron chi connectivity index (χ0n) is 3.73. The van der Waals surface area contributed by atoms with Gasteiger partial charge in [-0.15, -0.1) is 0 Å². The fraction of sp³-hybridized carbons (Fsp3) is 0.500. The Morgan fingerprint density at radius 3 is 1.67 bits per heavy atom. The van der Waals surface area contributed by atoms with Crippen LogP contribution in [0.2, 0.25) is 0 Å². The number of hydrogen-bond donors (Lipinski definition) is 1. The average Bonchev–Trinajstić information content (AvgIpc) is 0.811. The van der Waals surface area contributed by atoms with E-state index in [-0.39, 0.29) is 25.6 Å². The zero-order valence-corrected chi connectivity index (χ0v) is 6.70. The van der Waals surface area contributed by atoms with Gasteiger partial charge >= 0.3 is 19.5 Å². The molecule has 0 rings (SSSR count). The minimum absolute atomic E-state index is 0. The Bertz CT molecular complexity index is 34.5. The van der Waals surface area contributed by atoms with E-state index in [1.807, 2.05) is 0 Å². The first-order valence-corrected chi connectivity index (χ1v) is 0.908. The molecule has 3 N–H and O–H groups in total. The van der Waals surface area contributed by atoms with E-state index in [0.717, 1.165) is 6.92 Å². The fourth-order valence-corrected chi connectivity index (χ4v) is 0. The molecule has 0 aliphatic heterocycles. The van der Waals surface area contributed by atoms with E-state index < -0.39 is 5.97 Å². The predicted octanol–water partition coefficient (Wildman–Crippen LogP) is -1.08. The van der Waals surface area contributed by atoms with Crippen LogP contribution in [0, 0.1) is 0 Å². The topological polar surface area (TPSA) is 75.1 Å². The Morgan fingerprint density at radius 2 is 1.67 bits per heavy atom. The van der Waals surface area contributed by atoms with Crippen LogP contribution in [0.4, 0.5) is 0 Å². The van der Waals surface area contributed by atoms with E-state index in [0.29, 0.717) is 0 Å². The van der Waals surface area contributed by atoms with Gasteiger partial charge in [0.25, 0.3) is 0 Å². The molecule has 6 heavy (non-hydrogen) atoms. The summed E-state index contributed by atoms with van der Waals surface area (Å²) in [7, 11) is 0. The van der Waals surface area contributed by atoms with Crippen molar-refractivity contribution in [3.63, 3.8) is 0 Å². The predicted molar refractivity (Wildman–Crippen MR) is 15.7 cm³/mol. The van der Waals surface area contributed by atoms with E-state index in [9.17, 15) is 0 Å². The molecule has 0 heterocycles. The molecular formula is C2H6NO2Zn+. The van der Waals surface area contributed by atoms with E-state index in [4.69, 9.17) is 9.90 Å². The Morgan fingerprint density at radius 1 is 1.67 bits per heavy atom. The van der Waals surface area contributed by atoms with Crippen LogP contribution in [-0.4, -0.2) is 5.97 Å². The maximum Gasteiger partial charge on any atom is 2.00 e. The van der Waals surface area contributed by atoms with Gasteiger partial charge in [0.1, 0.15) is 0 Å². The third-order valence-electron chi connectivity index (χ3n) is 0. The zero-order chi connectivity index (χ0) is 3.58. The summed E-state index contributed by atoms with van der Waals surface area (Å²) in [6.45, 7) is 0.972. The number of hydrogen-bond acceptors (Lipinski definition) is 3. The van der Waals surface area contributed by atoms with Crippen LogP contribution in [0.15, 0.2) is 0 Å². The molecule has 0 aliphatic carbocycles. The van der Waals surface area contributed by atoms with Crippen LogP contribution in [0.1, 0.15) is 6.92 Å². The molecule has 4 heteroatoms. The smallest absolute Gasteiger partial charge is 0.550 e. The number of carboxylic acid groups (broad SMARTS) is 1. The minimum Gasteiger partial charge on any atom is -0.550 e. The largest absolute Gasteiger partial charge is 2.00 e. The summed E-state index contributed by atoms with van der Waals surface area (Å²) in [5.41, 5.74) is 0. The summed E-state index contributed by atoms with van der Waals surface area (Å²) in [6.07, 6.45) is 0. The molecule has 0 spiro atoms. The van der Waals surface area contributed by atoms with E-state index in [2.05, 4.69) is 0 Å². The second-order valence-corrected chi connectivity index (χ2v) is 0.492. The summed E-state index contributed by atoms with van der Waals surface area (Å²) < 4.78 is 0. The summed E-state index contributed by atoms with van der Waals surface area (Å²) >= 11 is 0. The van der Waals surface area contributed by atoms with Crippen LogP contribution in [0.3, 0.4) is 0 Å². The van der Waals surface area contributed by atoms with Gasteiger partial charge in [0.05, 0.1) is 0 Å². The van der Waals surface area contributed by atoms with Crippen molar-refractivity contribution in [2.75, 3.05) is 0 Å². The summed E-state index contributed by atoms with van der Waals surface area (Å²) in [5, 5.41) is 8.89. The number of carbonyl (C=O) groups is 1. The minimum atomic E-state index is -1.08. The molecule has 0 aromatic heterocycles. The van der Waals surface area contributed by atoms with Crippen LogP contribution in [-0.2, 0) is 24.3 Å². The van der Waals surface area contributed by atoms with Gasteiger partial charge in [-0.2, -0.15) is 0 Å². The summed E-state index contributed by atoms with van der Waals surface area (Å²) in [5.74, 6) is -1.08. The molecule has 3 nitrogen and oxygen atoms in total. The molecule has 0 atom stereocenters. The molecule has 0 unspecified atom stereocenters. The monoisotopic (exact) mass is 140 g/mol. The average molecular weight is 141 g/mol. The van der Waals surface area contributed by atoms with E-state index in [1.54, 1.807) is 0 Å². The number of carboxylic acids is 1. The maximum absolute atomic E-state index is 8.89. The Hall–Kier alpha value is 0.0534. The van der Waals surface area contributed by atoms with Gasteiger partial charge in [-0.1, -0.05) is 0 Å². The Kier molecular flexibility index (Phi) is 24.6. The third-order valence-corrected chi connectivity index (χ3v) is 0. The van der Waals surface area contributed by atoms with E-state index >= 15 is 0 Å². The molecule has 0 aliphatic rings. The maximum atomic E-state index is 8.89. The first-order valence-electron chi connectivity index (χ1n) is 0.908. The van der Waals surface area contributed by atoms with Crippen molar-refractivity contribution in [2.45, 2.75) is 6.92 Å². The van der Waals surface area contributed by atoms with Gasteiger partial charge in [0, 0.05) is 5.97 Å². The second-order valence-electron chi connectivity index (χ2n) is 0.492. The van der Waals surface area contributed by atoms with E-state index in [1.165, 1.54) is 0 Å². The second kappa shape index (κ2) is 8.91. The standard InChI is InChI=1S/C2H4O2.H3N.Zn/c1-2(3)4;;/h1H3,(H,3,4);1H3;/q;;+2/p-1. The fourth-order valence-electron chi connectivity index (χ4n) is 0. The summed E-state index contributed by atoms with van der Waals surface area (Å²) in [6, 6.07) is 0. The first-order chi connectivity index (χ1) is 1.73. The van der Waals surface area contributed by atoms with Crippen molar-refractivity contribution in [3.8, 4) is 0 Å². The van der Waals surface area contributed by atoms with Crippen molar-refractivity contribution in [1.29, 1.82) is 0 Å². The van der Waals surface area contributed by atoms with Crippen molar-refractivity contribution >= 4 is 5.97 Å². The quantitative estimate of drug-likeness (QED) is 0.436. The first kappa shape index (κ1) is 16.6. The van der Waals surface area contributed by atoms with Gasteiger partial charge in [0.15, 0.2) is 0 Å².